The molecule has 0 aromatic rings. The van der Waals surface area contributed by atoms with Crippen LogP contribution in [0, 0.1) is 0 Å². The van der Waals surface area contributed by atoms with E-state index < -0.39 is 12.1 Å². The molecule has 0 aliphatic heterocycles. The summed E-state index contributed by atoms with van der Waals surface area (Å²) < 4.78 is 5.48. The summed E-state index contributed by atoms with van der Waals surface area (Å²) in [6.45, 7) is 4.92. The van der Waals surface area contributed by atoms with Crippen molar-refractivity contribution >= 4 is 11.9 Å². The first-order valence-electron chi connectivity index (χ1n) is 37.8. The Morgan fingerprint density at radius 3 is 0.880 bits per heavy atom. The molecule has 0 bridgehead atoms. The fourth-order valence-electron chi connectivity index (χ4n) is 11.9. The summed E-state index contributed by atoms with van der Waals surface area (Å²) in [6, 6.07) is -0.627. The zero-order valence-corrected chi connectivity index (χ0v) is 56.2. The summed E-state index contributed by atoms with van der Waals surface area (Å²) in [7, 11) is 0. The summed E-state index contributed by atoms with van der Waals surface area (Å²) in [5, 5.41) is 23.3. The molecule has 0 saturated carbocycles. The molecule has 2 unspecified atom stereocenters. The second-order valence-electron chi connectivity index (χ2n) is 26.0. The number of amides is 1. The fourth-order valence-corrected chi connectivity index (χ4v) is 11.9. The summed E-state index contributed by atoms with van der Waals surface area (Å²) in [4.78, 5) is 24.6. The molecule has 490 valence electrons. The maximum atomic E-state index is 12.5. The molecule has 0 aliphatic rings. The van der Waals surface area contributed by atoms with E-state index in [4.69, 9.17) is 4.74 Å². The largest absolute Gasteiger partial charge is 0.466 e. The number of allylic oxidation sites excluding steroid dienone is 5. The summed E-state index contributed by atoms with van der Waals surface area (Å²) in [5.41, 5.74) is 0. The van der Waals surface area contributed by atoms with Crippen LogP contribution >= 0.6 is 0 Å². The molecule has 6 nitrogen and oxygen atoms in total. The van der Waals surface area contributed by atoms with Gasteiger partial charge in [-0.15, -0.1) is 0 Å². The lowest BCUT2D eigenvalue weighted by molar-refractivity contribution is -0.143. The number of aliphatic hydroxyl groups excluding tert-OH is 2. The molecule has 0 radical (unpaired) electrons. The van der Waals surface area contributed by atoms with Crippen LogP contribution in [-0.4, -0.2) is 47.4 Å². The van der Waals surface area contributed by atoms with Crippen LogP contribution < -0.4 is 5.32 Å². The predicted octanol–water partition coefficient (Wildman–Crippen LogP) is 24.7. The van der Waals surface area contributed by atoms with E-state index in [1.165, 1.54) is 347 Å². The van der Waals surface area contributed by atoms with Crippen LogP contribution in [0.25, 0.3) is 0 Å². The van der Waals surface area contributed by atoms with Gasteiger partial charge in [0, 0.05) is 12.8 Å². The molecule has 0 heterocycles. The Hall–Kier alpha value is -1.92. The molecule has 0 saturated heterocycles. The van der Waals surface area contributed by atoms with Gasteiger partial charge in [-0.3, -0.25) is 9.59 Å². The van der Waals surface area contributed by atoms with E-state index >= 15 is 0 Å². The highest BCUT2D eigenvalue weighted by Crippen LogP contribution is 2.19. The van der Waals surface area contributed by atoms with Crippen LogP contribution in [-0.2, 0) is 14.3 Å². The molecule has 0 fully saturated rings. The SMILES string of the molecule is CCCCC/C=C\CCCCCCCC(=O)OCCCCCCCCCCCCCC/C=C\CCCCCCCCCCCCCCCCCCC(=O)NC(CO)C(O)/C=C/CCCCCCCCCCCCCCCCCCCCCC. The van der Waals surface area contributed by atoms with E-state index in [2.05, 4.69) is 43.5 Å². The monoisotopic (exact) mass is 1170 g/mol. The van der Waals surface area contributed by atoms with Gasteiger partial charge in [-0.2, -0.15) is 0 Å². The van der Waals surface area contributed by atoms with Gasteiger partial charge < -0.3 is 20.3 Å². The Kier molecular flexibility index (Phi) is 70.9. The summed E-state index contributed by atoms with van der Waals surface area (Å²) in [5.74, 6) is -0.0528. The van der Waals surface area contributed by atoms with Crippen LogP contribution in [0.1, 0.15) is 418 Å². The Morgan fingerprint density at radius 1 is 0.325 bits per heavy atom. The van der Waals surface area contributed by atoms with Gasteiger partial charge in [0.15, 0.2) is 0 Å². The highest BCUT2D eigenvalue weighted by molar-refractivity contribution is 5.76. The number of hydrogen-bond donors (Lipinski definition) is 3. The van der Waals surface area contributed by atoms with Crippen LogP contribution in [0.2, 0.25) is 0 Å². The van der Waals surface area contributed by atoms with Crippen molar-refractivity contribution in [2.75, 3.05) is 13.2 Å². The van der Waals surface area contributed by atoms with Crippen molar-refractivity contribution in [3.8, 4) is 0 Å². The number of aliphatic hydroxyl groups is 2. The summed E-state index contributed by atoms with van der Waals surface area (Å²) in [6.07, 6.45) is 93.9. The lowest BCUT2D eigenvalue weighted by Gasteiger charge is -2.20. The molecule has 0 rings (SSSR count). The number of carbonyl (C=O) groups is 2. The van der Waals surface area contributed by atoms with Crippen molar-refractivity contribution in [3.63, 3.8) is 0 Å². The molecule has 3 N–H and O–H groups in total. The van der Waals surface area contributed by atoms with Crippen LogP contribution in [0.3, 0.4) is 0 Å². The lowest BCUT2D eigenvalue weighted by atomic mass is 10.0. The van der Waals surface area contributed by atoms with Crippen molar-refractivity contribution in [3.05, 3.63) is 36.5 Å². The summed E-state index contributed by atoms with van der Waals surface area (Å²) >= 11 is 0. The zero-order valence-electron chi connectivity index (χ0n) is 56.2. The standard InChI is InChI=1S/C77H147NO5/c1-3-5-7-9-11-13-15-17-18-19-20-21-34-37-40-43-46-49-53-57-61-65-69-75(80)74(73-79)78-76(81)70-66-62-58-54-50-47-44-41-38-35-32-30-28-26-24-22-23-25-27-29-31-33-36-39-42-45-48-52-56-60-64-68-72-83-77(82)71-67-63-59-55-51-16-14-12-10-8-6-4-2/h12,14,25,27,65,69,74-75,79-80H,3-11,13,15-24,26,28-64,66-68,70-73H2,1-2H3,(H,78,81)/b14-12-,27-25-,69-65+. The minimum Gasteiger partial charge on any atom is -0.466 e. The average molecular weight is 1170 g/mol. The first-order valence-corrected chi connectivity index (χ1v) is 37.8. The topological polar surface area (TPSA) is 95.9 Å². The van der Waals surface area contributed by atoms with Crippen molar-refractivity contribution in [2.24, 2.45) is 0 Å². The number of hydrogen-bond acceptors (Lipinski definition) is 5. The quantitative estimate of drug-likeness (QED) is 0.0320. The van der Waals surface area contributed by atoms with Crippen LogP contribution in [0.5, 0.6) is 0 Å². The van der Waals surface area contributed by atoms with Crippen molar-refractivity contribution in [2.45, 2.75) is 431 Å². The van der Waals surface area contributed by atoms with E-state index in [1.54, 1.807) is 6.08 Å². The third-order valence-corrected chi connectivity index (χ3v) is 17.6. The van der Waals surface area contributed by atoms with Gasteiger partial charge in [0.2, 0.25) is 5.91 Å². The number of nitrogens with one attached hydrogen (secondary N) is 1. The van der Waals surface area contributed by atoms with Crippen molar-refractivity contribution < 1.29 is 24.5 Å². The van der Waals surface area contributed by atoms with Crippen LogP contribution in [0.15, 0.2) is 36.5 Å². The second kappa shape index (κ2) is 72.6. The zero-order chi connectivity index (χ0) is 59.9. The van der Waals surface area contributed by atoms with E-state index in [0.717, 1.165) is 44.9 Å². The smallest absolute Gasteiger partial charge is 0.305 e. The molecular weight excluding hydrogens is 1020 g/mol. The maximum absolute atomic E-state index is 12.5. The molecule has 2 atom stereocenters. The van der Waals surface area contributed by atoms with Gasteiger partial charge in [0.05, 0.1) is 25.4 Å². The van der Waals surface area contributed by atoms with E-state index in [0.29, 0.717) is 19.4 Å². The fraction of sp³-hybridized carbons (Fsp3) is 0.896. The molecule has 0 aromatic carbocycles. The van der Waals surface area contributed by atoms with Gasteiger partial charge >= 0.3 is 5.97 Å². The highest BCUT2D eigenvalue weighted by atomic mass is 16.5. The molecule has 83 heavy (non-hydrogen) atoms. The van der Waals surface area contributed by atoms with Gasteiger partial charge in [0.25, 0.3) is 0 Å². The Balaban J connectivity index is 3.39. The third-order valence-electron chi connectivity index (χ3n) is 17.6. The molecule has 1 amide bonds. The number of rotatable bonds is 71. The number of ether oxygens (including phenoxy) is 1. The minimum absolute atomic E-state index is 0.00826. The van der Waals surface area contributed by atoms with Gasteiger partial charge in [0.1, 0.15) is 0 Å². The molecule has 6 heteroatoms. The van der Waals surface area contributed by atoms with E-state index in [-0.39, 0.29) is 18.5 Å². The second-order valence-corrected chi connectivity index (χ2v) is 26.0. The Bertz CT molecular complexity index is 1340. The normalized spacial score (nSPS) is 12.7. The van der Waals surface area contributed by atoms with Crippen molar-refractivity contribution in [1.29, 1.82) is 0 Å². The minimum atomic E-state index is -0.844. The first-order chi connectivity index (χ1) is 41.0. The number of carbonyl (C=O) groups excluding carboxylic acids is 2. The Morgan fingerprint density at radius 2 is 0.566 bits per heavy atom. The maximum Gasteiger partial charge on any atom is 0.305 e. The first kappa shape index (κ1) is 81.1. The van der Waals surface area contributed by atoms with Gasteiger partial charge in [-0.1, -0.05) is 359 Å². The third kappa shape index (κ3) is 69.1. The van der Waals surface area contributed by atoms with Gasteiger partial charge in [-0.25, -0.2) is 0 Å². The van der Waals surface area contributed by atoms with E-state index in [9.17, 15) is 19.8 Å². The number of esters is 1. The molecular formula is C77H147NO5. The molecule has 0 spiro atoms. The lowest BCUT2D eigenvalue weighted by Crippen LogP contribution is -2.45. The van der Waals surface area contributed by atoms with E-state index in [1.807, 2.05) is 6.08 Å². The van der Waals surface area contributed by atoms with Crippen LogP contribution in [0.4, 0.5) is 0 Å². The molecule has 0 aromatic heterocycles. The predicted molar refractivity (Wildman–Crippen MR) is 366 cm³/mol. The van der Waals surface area contributed by atoms with Crippen molar-refractivity contribution in [1.82, 2.24) is 5.32 Å². The van der Waals surface area contributed by atoms with Gasteiger partial charge in [-0.05, 0) is 83.5 Å². The average Bonchev–Trinajstić information content (AvgIpc) is 3.49. The number of unbranched alkanes of at least 4 members (excludes halogenated alkanes) is 56. The Labute approximate surface area is 519 Å². The highest BCUT2D eigenvalue weighted by Gasteiger charge is 2.18. The molecule has 0 aliphatic carbocycles.